The van der Waals surface area contributed by atoms with Crippen LogP contribution in [0.25, 0.3) is 0 Å². The molecule has 0 saturated heterocycles. The van der Waals surface area contributed by atoms with Gasteiger partial charge in [-0.15, -0.1) is 0 Å². The minimum atomic E-state index is -0.279. The summed E-state index contributed by atoms with van der Waals surface area (Å²) in [5.74, 6) is 0.776. The number of anilines is 1. The van der Waals surface area contributed by atoms with Crippen LogP contribution < -0.4 is 15.4 Å². The molecule has 0 spiro atoms. The minimum Gasteiger partial charge on any atom is -0.473 e. The van der Waals surface area contributed by atoms with E-state index in [0.29, 0.717) is 0 Å². The van der Waals surface area contributed by atoms with E-state index in [1.54, 1.807) is 0 Å². The number of amides is 2. The lowest BCUT2D eigenvalue weighted by molar-refractivity contribution is 0.234. The highest BCUT2D eigenvalue weighted by molar-refractivity contribution is 5.90. The maximum absolute atomic E-state index is 11.9. The van der Waals surface area contributed by atoms with Crippen molar-refractivity contribution in [3.8, 4) is 5.75 Å². The second-order valence-electron chi connectivity index (χ2n) is 5.44. The topological polar surface area (TPSA) is 50.4 Å². The molecule has 4 heteroatoms. The van der Waals surface area contributed by atoms with Crippen molar-refractivity contribution in [2.75, 3.05) is 12.0 Å². The van der Waals surface area contributed by atoms with Gasteiger partial charge in [-0.2, -0.15) is 0 Å². The number of urea groups is 1. The van der Waals surface area contributed by atoms with Crippen LogP contribution in [-0.2, 0) is 0 Å². The Balaban J connectivity index is 1.87. The van der Waals surface area contributed by atoms with Crippen molar-refractivity contribution >= 4 is 11.7 Å². The second-order valence-corrected chi connectivity index (χ2v) is 5.44. The Morgan fingerprint density at radius 3 is 2.55 bits per heavy atom. The fraction of sp³-hybridized carbons (Fsp3) is 0.278. The van der Waals surface area contributed by atoms with Gasteiger partial charge in [-0.25, -0.2) is 4.79 Å². The van der Waals surface area contributed by atoms with Crippen LogP contribution in [0.15, 0.2) is 36.4 Å². The summed E-state index contributed by atoms with van der Waals surface area (Å²) < 4.78 is 5.58. The zero-order valence-electron chi connectivity index (χ0n) is 13.5. The maximum atomic E-state index is 11.9. The number of carbonyl (C=O) groups excluding carboxylic acids is 1. The normalized spacial score (nSPS) is 10.2. The van der Waals surface area contributed by atoms with Gasteiger partial charge in [0.2, 0.25) is 0 Å². The van der Waals surface area contributed by atoms with Crippen LogP contribution in [0.2, 0.25) is 0 Å². The van der Waals surface area contributed by atoms with Gasteiger partial charge in [0, 0.05) is 5.69 Å². The molecular formula is C18H22N2O2. The van der Waals surface area contributed by atoms with Gasteiger partial charge in [-0.3, -0.25) is 0 Å². The standard InChI is InChI=1S/C18H22N2O2/c1-12-8-9-17(14(3)10-12)22-11-19-18(21)20-16-7-5-6-13(2)15(16)4/h5-10H,11H2,1-4H3,(H2,19,20,21). The fourth-order valence-corrected chi connectivity index (χ4v) is 2.19. The number of rotatable bonds is 4. The fourth-order valence-electron chi connectivity index (χ4n) is 2.19. The lowest BCUT2D eigenvalue weighted by Gasteiger charge is -2.13. The van der Waals surface area contributed by atoms with Crippen molar-refractivity contribution in [2.45, 2.75) is 27.7 Å². The highest BCUT2D eigenvalue weighted by Gasteiger charge is 2.06. The summed E-state index contributed by atoms with van der Waals surface area (Å²) in [5.41, 5.74) is 5.25. The molecule has 2 N–H and O–H groups in total. The predicted octanol–water partition coefficient (Wildman–Crippen LogP) is 4.08. The van der Waals surface area contributed by atoms with Crippen molar-refractivity contribution < 1.29 is 9.53 Å². The summed E-state index contributed by atoms with van der Waals surface area (Å²) in [5, 5.41) is 5.53. The third-order valence-electron chi connectivity index (χ3n) is 3.64. The number of hydrogen-bond acceptors (Lipinski definition) is 2. The highest BCUT2D eigenvalue weighted by atomic mass is 16.5. The monoisotopic (exact) mass is 298 g/mol. The third kappa shape index (κ3) is 4.01. The van der Waals surface area contributed by atoms with Gasteiger partial charge in [0.05, 0.1) is 0 Å². The van der Waals surface area contributed by atoms with E-state index in [2.05, 4.69) is 10.6 Å². The molecule has 0 aliphatic carbocycles. The summed E-state index contributed by atoms with van der Waals surface area (Å²) >= 11 is 0. The Labute approximate surface area is 131 Å². The predicted molar refractivity (Wildman–Crippen MR) is 89.5 cm³/mol. The average Bonchev–Trinajstić information content (AvgIpc) is 2.46. The smallest absolute Gasteiger partial charge is 0.321 e. The molecule has 2 amide bonds. The number of nitrogens with one attached hydrogen (secondary N) is 2. The molecule has 2 aromatic carbocycles. The number of hydrogen-bond donors (Lipinski definition) is 2. The number of aryl methyl sites for hydroxylation is 3. The molecule has 0 fully saturated rings. The molecule has 2 rings (SSSR count). The Kier molecular flexibility index (Phi) is 5.04. The van der Waals surface area contributed by atoms with Crippen LogP contribution >= 0.6 is 0 Å². The molecule has 0 bridgehead atoms. The van der Waals surface area contributed by atoms with Gasteiger partial charge in [0.25, 0.3) is 0 Å². The molecule has 0 saturated carbocycles. The average molecular weight is 298 g/mol. The second kappa shape index (κ2) is 6.98. The third-order valence-corrected chi connectivity index (χ3v) is 3.64. The molecule has 22 heavy (non-hydrogen) atoms. The quantitative estimate of drug-likeness (QED) is 0.836. The maximum Gasteiger partial charge on any atom is 0.321 e. The first-order valence-electron chi connectivity index (χ1n) is 7.28. The molecule has 0 unspecified atom stereocenters. The van der Waals surface area contributed by atoms with E-state index in [-0.39, 0.29) is 12.8 Å². The van der Waals surface area contributed by atoms with E-state index in [1.165, 1.54) is 5.56 Å². The molecule has 0 aliphatic rings. The number of ether oxygens (including phenoxy) is 1. The summed E-state index contributed by atoms with van der Waals surface area (Å²) in [6.07, 6.45) is 0. The Morgan fingerprint density at radius 1 is 1.05 bits per heavy atom. The number of carbonyl (C=O) groups is 1. The molecule has 0 heterocycles. The van der Waals surface area contributed by atoms with Crippen molar-refractivity contribution in [3.63, 3.8) is 0 Å². The van der Waals surface area contributed by atoms with E-state index in [4.69, 9.17) is 4.74 Å². The van der Waals surface area contributed by atoms with Crippen LogP contribution in [0.1, 0.15) is 22.3 Å². The van der Waals surface area contributed by atoms with Crippen molar-refractivity contribution in [1.29, 1.82) is 0 Å². The molecule has 2 aromatic rings. The molecule has 0 aromatic heterocycles. The molecule has 0 radical (unpaired) electrons. The zero-order valence-corrected chi connectivity index (χ0v) is 13.5. The minimum absolute atomic E-state index is 0.126. The largest absolute Gasteiger partial charge is 0.473 e. The molecule has 116 valence electrons. The Morgan fingerprint density at radius 2 is 1.82 bits per heavy atom. The summed E-state index contributed by atoms with van der Waals surface area (Å²) in [4.78, 5) is 11.9. The van der Waals surface area contributed by atoms with Crippen LogP contribution in [-0.4, -0.2) is 12.8 Å². The van der Waals surface area contributed by atoms with Gasteiger partial charge in [-0.05, 0) is 56.5 Å². The highest BCUT2D eigenvalue weighted by Crippen LogP contribution is 2.19. The summed E-state index contributed by atoms with van der Waals surface area (Å²) in [6.45, 7) is 8.14. The van der Waals surface area contributed by atoms with Crippen LogP contribution in [0.5, 0.6) is 5.75 Å². The molecule has 0 atom stereocenters. The van der Waals surface area contributed by atoms with E-state index < -0.39 is 0 Å². The summed E-state index contributed by atoms with van der Waals surface area (Å²) in [6, 6.07) is 11.5. The first-order chi connectivity index (χ1) is 10.5. The molecule has 4 nitrogen and oxygen atoms in total. The zero-order chi connectivity index (χ0) is 16.1. The van der Waals surface area contributed by atoms with Gasteiger partial charge < -0.3 is 15.4 Å². The Bertz CT molecular complexity index is 681. The van der Waals surface area contributed by atoms with E-state index in [1.807, 2.05) is 64.1 Å². The van der Waals surface area contributed by atoms with E-state index in [0.717, 1.165) is 28.1 Å². The lowest BCUT2D eigenvalue weighted by Crippen LogP contribution is -2.32. The van der Waals surface area contributed by atoms with Gasteiger partial charge in [0.1, 0.15) is 5.75 Å². The Hall–Kier alpha value is -2.49. The molecule has 0 aliphatic heterocycles. The van der Waals surface area contributed by atoms with Crippen LogP contribution in [0.4, 0.5) is 10.5 Å². The van der Waals surface area contributed by atoms with Crippen LogP contribution in [0.3, 0.4) is 0 Å². The number of benzene rings is 2. The van der Waals surface area contributed by atoms with Gasteiger partial charge >= 0.3 is 6.03 Å². The van der Waals surface area contributed by atoms with Crippen LogP contribution in [0, 0.1) is 27.7 Å². The first-order valence-corrected chi connectivity index (χ1v) is 7.28. The van der Waals surface area contributed by atoms with Gasteiger partial charge in [0.15, 0.2) is 6.73 Å². The van der Waals surface area contributed by atoms with Crippen molar-refractivity contribution in [1.82, 2.24) is 5.32 Å². The lowest BCUT2D eigenvalue weighted by atomic mass is 10.1. The van der Waals surface area contributed by atoms with E-state index in [9.17, 15) is 4.79 Å². The molecular weight excluding hydrogens is 276 g/mol. The first kappa shape index (κ1) is 15.9. The summed E-state index contributed by atoms with van der Waals surface area (Å²) in [7, 11) is 0. The van der Waals surface area contributed by atoms with Crippen molar-refractivity contribution in [2.24, 2.45) is 0 Å². The van der Waals surface area contributed by atoms with Crippen molar-refractivity contribution in [3.05, 3.63) is 58.7 Å². The van der Waals surface area contributed by atoms with E-state index >= 15 is 0 Å². The van der Waals surface area contributed by atoms with Gasteiger partial charge in [-0.1, -0.05) is 29.8 Å². The SMILES string of the molecule is Cc1ccc(OCNC(=O)Nc2cccc(C)c2C)c(C)c1.